The van der Waals surface area contributed by atoms with E-state index in [1.807, 2.05) is 0 Å². The summed E-state index contributed by atoms with van der Waals surface area (Å²) in [6, 6.07) is 2.24. The summed E-state index contributed by atoms with van der Waals surface area (Å²) in [4.78, 5) is 3.78. The number of rotatable bonds is 1. The SMILES string of the molecule is FC(F)(F)c1ccc(-n2nc3c(c2Cl)CSC3)nc1. The lowest BCUT2D eigenvalue weighted by molar-refractivity contribution is -0.137. The van der Waals surface area contributed by atoms with Crippen LogP contribution in [0.3, 0.4) is 0 Å². The minimum absolute atomic E-state index is 0.289. The van der Waals surface area contributed by atoms with E-state index in [1.165, 1.54) is 10.7 Å². The van der Waals surface area contributed by atoms with Gasteiger partial charge in [-0.15, -0.1) is 0 Å². The van der Waals surface area contributed by atoms with Gasteiger partial charge in [-0.3, -0.25) is 0 Å². The van der Waals surface area contributed by atoms with E-state index in [-0.39, 0.29) is 5.82 Å². The molecule has 0 amide bonds. The van der Waals surface area contributed by atoms with Gasteiger partial charge in [0.25, 0.3) is 0 Å². The van der Waals surface area contributed by atoms with Crippen molar-refractivity contribution in [3.05, 3.63) is 40.3 Å². The highest BCUT2D eigenvalue weighted by molar-refractivity contribution is 7.98. The lowest BCUT2D eigenvalue weighted by Gasteiger charge is -2.07. The fraction of sp³-hybridized carbons (Fsp3) is 0.273. The van der Waals surface area contributed by atoms with Gasteiger partial charge in [-0.25, -0.2) is 9.67 Å². The quantitative estimate of drug-likeness (QED) is 0.805. The van der Waals surface area contributed by atoms with Crippen molar-refractivity contribution in [1.29, 1.82) is 0 Å². The van der Waals surface area contributed by atoms with Gasteiger partial charge in [0.15, 0.2) is 5.82 Å². The molecule has 3 nitrogen and oxygen atoms in total. The van der Waals surface area contributed by atoms with Gasteiger partial charge in [0.1, 0.15) is 5.15 Å². The summed E-state index contributed by atoms with van der Waals surface area (Å²) in [5.74, 6) is 1.83. The third-order valence-electron chi connectivity index (χ3n) is 2.78. The van der Waals surface area contributed by atoms with Crippen LogP contribution < -0.4 is 0 Å². The van der Waals surface area contributed by atoms with Crippen LogP contribution in [-0.4, -0.2) is 14.8 Å². The normalized spacial score (nSPS) is 14.7. The smallest absolute Gasteiger partial charge is 0.236 e. The highest BCUT2D eigenvalue weighted by Gasteiger charge is 2.31. The van der Waals surface area contributed by atoms with E-state index < -0.39 is 11.7 Å². The molecule has 0 spiro atoms. The Bertz CT molecular complexity index is 621. The van der Waals surface area contributed by atoms with Crippen LogP contribution in [-0.2, 0) is 17.7 Å². The van der Waals surface area contributed by atoms with Crippen LogP contribution in [0.25, 0.3) is 5.82 Å². The van der Waals surface area contributed by atoms with Crippen LogP contribution in [0.1, 0.15) is 16.8 Å². The van der Waals surface area contributed by atoms with Gasteiger partial charge >= 0.3 is 6.18 Å². The second kappa shape index (κ2) is 4.42. The number of alkyl halides is 3. The molecule has 3 heterocycles. The number of aromatic nitrogens is 3. The number of thioether (sulfide) groups is 1. The van der Waals surface area contributed by atoms with E-state index in [0.717, 1.165) is 35.0 Å². The molecule has 0 aromatic carbocycles. The second-order valence-electron chi connectivity index (χ2n) is 4.02. The third kappa shape index (κ3) is 2.21. The molecule has 0 radical (unpaired) electrons. The first-order valence-electron chi connectivity index (χ1n) is 5.34. The molecule has 0 saturated carbocycles. The number of fused-ring (bicyclic) bond motifs is 1. The molecule has 0 unspecified atom stereocenters. The van der Waals surface area contributed by atoms with Crippen LogP contribution in [0.4, 0.5) is 13.2 Å². The number of nitrogens with zero attached hydrogens (tertiary/aromatic N) is 3. The van der Waals surface area contributed by atoms with Crippen LogP contribution in [0, 0.1) is 0 Å². The molecule has 0 atom stereocenters. The van der Waals surface area contributed by atoms with Crippen molar-refractivity contribution >= 4 is 23.4 Å². The maximum Gasteiger partial charge on any atom is 0.417 e. The van der Waals surface area contributed by atoms with E-state index in [4.69, 9.17) is 11.6 Å². The summed E-state index contributed by atoms with van der Waals surface area (Å²) >= 11 is 7.86. The molecule has 1 aliphatic rings. The first-order valence-corrected chi connectivity index (χ1v) is 6.88. The summed E-state index contributed by atoms with van der Waals surface area (Å²) in [6.07, 6.45) is -3.61. The Labute approximate surface area is 115 Å². The molecule has 0 N–H and O–H groups in total. The molecule has 0 bridgehead atoms. The molecule has 8 heteroatoms. The van der Waals surface area contributed by atoms with Crippen molar-refractivity contribution in [2.75, 3.05) is 0 Å². The molecule has 0 saturated heterocycles. The number of hydrogen-bond donors (Lipinski definition) is 0. The van der Waals surface area contributed by atoms with Crippen LogP contribution in [0.5, 0.6) is 0 Å². The Hall–Kier alpha value is -1.21. The van der Waals surface area contributed by atoms with Crippen molar-refractivity contribution < 1.29 is 13.2 Å². The van der Waals surface area contributed by atoms with Crippen LogP contribution in [0.15, 0.2) is 18.3 Å². The third-order valence-corrected chi connectivity index (χ3v) is 4.14. The van der Waals surface area contributed by atoms with Gasteiger partial charge in [-0.2, -0.15) is 30.0 Å². The molecular weight excluding hydrogens is 299 g/mol. The highest BCUT2D eigenvalue weighted by atomic mass is 35.5. The van der Waals surface area contributed by atoms with E-state index in [0.29, 0.717) is 5.15 Å². The number of pyridine rings is 1. The maximum atomic E-state index is 12.4. The van der Waals surface area contributed by atoms with Crippen LogP contribution in [0.2, 0.25) is 5.15 Å². The van der Waals surface area contributed by atoms with Gasteiger partial charge in [-0.05, 0) is 12.1 Å². The molecule has 2 aromatic rings. The van der Waals surface area contributed by atoms with Gasteiger partial charge < -0.3 is 0 Å². The fourth-order valence-electron chi connectivity index (χ4n) is 1.81. The monoisotopic (exact) mass is 305 g/mol. The first kappa shape index (κ1) is 12.8. The average Bonchev–Trinajstić information content (AvgIpc) is 2.92. The summed E-state index contributed by atoms with van der Waals surface area (Å²) in [5.41, 5.74) is 1.02. The predicted octanol–water partition coefficient (Wildman–Crippen LogP) is 3.69. The summed E-state index contributed by atoms with van der Waals surface area (Å²) in [5, 5.41) is 4.70. The zero-order valence-corrected chi connectivity index (χ0v) is 11.0. The van der Waals surface area contributed by atoms with Gasteiger partial charge in [-0.1, -0.05) is 11.6 Å². The van der Waals surface area contributed by atoms with E-state index in [2.05, 4.69) is 10.1 Å². The first-order chi connectivity index (χ1) is 8.97. The molecular formula is C11H7ClF3N3S. The largest absolute Gasteiger partial charge is 0.417 e. The van der Waals surface area contributed by atoms with Crippen molar-refractivity contribution in [3.63, 3.8) is 0 Å². The topological polar surface area (TPSA) is 30.7 Å². The van der Waals surface area contributed by atoms with Crippen molar-refractivity contribution in [1.82, 2.24) is 14.8 Å². The molecule has 0 aliphatic carbocycles. The molecule has 100 valence electrons. The standard InChI is InChI=1S/C11H7ClF3N3S/c12-10-7-4-19-5-8(7)17-18(10)9-2-1-6(3-16-9)11(13,14)15/h1-3H,4-5H2. The van der Waals surface area contributed by atoms with Gasteiger partial charge in [0, 0.05) is 23.3 Å². The van der Waals surface area contributed by atoms with Gasteiger partial charge in [0.05, 0.1) is 11.3 Å². The number of halogens is 4. The Morgan fingerprint density at radius 3 is 2.63 bits per heavy atom. The van der Waals surface area contributed by atoms with Gasteiger partial charge in [0.2, 0.25) is 0 Å². The Kier molecular flexibility index (Phi) is 2.98. The van der Waals surface area contributed by atoms with Crippen molar-refractivity contribution in [2.45, 2.75) is 17.7 Å². The zero-order valence-electron chi connectivity index (χ0n) is 9.41. The molecule has 3 rings (SSSR count). The summed E-state index contributed by atoms with van der Waals surface area (Å²) in [6.45, 7) is 0. The predicted molar refractivity (Wildman–Crippen MR) is 66.4 cm³/mol. The Morgan fingerprint density at radius 2 is 2.05 bits per heavy atom. The molecule has 0 fully saturated rings. The lowest BCUT2D eigenvalue weighted by Crippen LogP contribution is -2.07. The second-order valence-corrected chi connectivity index (χ2v) is 5.37. The van der Waals surface area contributed by atoms with Crippen molar-refractivity contribution in [2.24, 2.45) is 0 Å². The van der Waals surface area contributed by atoms with E-state index in [9.17, 15) is 13.2 Å². The number of hydrogen-bond acceptors (Lipinski definition) is 3. The molecule has 1 aliphatic heterocycles. The van der Waals surface area contributed by atoms with Crippen molar-refractivity contribution in [3.8, 4) is 5.82 Å². The molecule has 2 aromatic heterocycles. The Balaban J connectivity index is 1.99. The van der Waals surface area contributed by atoms with E-state index in [1.54, 1.807) is 11.8 Å². The minimum atomic E-state index is -4.39. The minimum Gasteiger partial charge on any atom is -0.236 e. The van der Waals surface area contributed by atoms with E-state index >= 15 is 0 Å². The van der Waals surface area contributed by atoms with Crippen LogP contribution >= 0.6 is 23.4 Å². The fourth-order valence-corrected chi connectivity index (χ4v) is 3.23. The lowest BCUT2D eigenvalue weighted by atomic mass is 10.3. The Morgan fingerprint density at radius 1 is 1.26 bits per heavy atom. The summed E-state index contributed by atoms with van der Waals surface area (Å²) < 4.78 is 38.7. The highest BCUT2D eigenvalue weighted by Crippen LogP contribution is 2.35. The summed E-state index contributed by atoms with van der Waals surface area (Å²) in [7, 11) is 0. The molecule has 19 heavy (non-hydrogen) atoms. The zero-order chi connectivity index (χ0) is 13.6. The maximum absolute atomic E-state index is 12.4. The average molecular weight is 306 g/mol.